The maximum atomic E-state index is 14.7. The van der Waals surface area contributed by atoms with Gasteiger partial charge in [-0.3, -0.25) is 5.10 Å². The molecule has 5 nitrogen and oxygen atoms in total. The number of ether oxygens (including phenoxy) is 1. The number of hydrogen-bond donors (Lipinski definition) is 2. The lowest BCUT2D eigenvalue weighted by Crippen LogP contribution is -2.21. The highest BCUT2D eigenvalue weighted by atomic mass is 35.5. The molecule has 3 N–H and O–H groups in total. The smallest absolute Gasteiger partial charge is 0.244 e. The van der Waals surface area contributed by atoms with Gasteiger partial charge in [0.1, 0.15) is 17.5 Å². The van der Waals surface area contributed by atoms with Crippen molar-refractivity contribution in [2.24, 2.45) is 5.73 Å². The van der Waals surface area contributed by atoms with E-state index < -0.39 is 11.7 Å². The summed E-state index contributed by atoms with van der Waals surface area (Å²) in [4.78, 5) is 0. The fourth-order valence-corrected chi connectivity index (χ4v) is 3.53. The summed E-state index contributed by atoms with van der Waals surface area (Å²) in [6.45, 7) is 1.98. The molecule has 0 spiro atoms. The first kappa shape index (κ1) is 17.1. The number of hydrogen-bond acceptors (Lipinski definition) is 4. The van der Waals surface area contributed by atoms with Crippen molar-refractivity contribution in [1.82, 2.24) is 10.2 Å². The van der Waals surface area contributed by atoms with Gasteiger partial charge in [0, 0.05) is 16.1 Å². The van der Waals surface area contributed by atoms with E-state index in [9.17, 15) is 9.65 Å². The molecule has 1 atom stereocenters. The summed E-state index contributed by atoms with van der Waals surface area (Å²) in [5.41, 5.74) is 9.24. The molecule has 0 radical (unpaired) electrons. The van der Waals surface area contributed by atoms with Crippen molar-refractivity contribution < 1.29 is 9.13 Å². The Bertz CT molecular complexity index is 1090. The molecule has 2 heterocycles. The molecule has 134 valence electrons. The number of fused-ring (bicyclic) bond motifs is 1. The first-order valence-corrected chi connectivity index (χ1v) is 8.56. The van der Waals surface area contributed by atoms with E-state index >= 15 is 0 Å². The summed E-state index contributed by atoms with van der Waals surface area (Å²) in [5.74, 6) is -1.28. The number of nitrogens with one attached hydrogen (secondary N) is 1. The third kappa shape index (κ3) is 2.73. The van der Waals surface area contributed by atoms with Crippen molar-refractivity contribution in [2.75, 3.05) is 0 Å². The second-order valence-electron chi connectivity index (χ2n) is 6.24. The zero-order valence-corrected chi connectivity index (χ0v) is 15.0. The summed E-state index contributed by atoms with van der Waals surface area (Å²) in [7, 11) is 0. The van der Waals surface area contributed by atoms with Crippen LogP contribution in [-0.2, 0) is 0 Å². The molecular formula is C20H14ClFN4O. The first-order valence-electron chi connectivity index (χ1n) is 8.18. The maximum Gasteiger partial charge on any atom is 0.244 e. The maximum absolute atomic E-state index is 14.7. The number of allylic oxidation sites excluding steroid dienone is 1. The Balaban J connectivity index is 2.00. The summed E-state index contributed by atoms with van der Waals surface area (Å²) < 4.78 is 20.3. The van der Waals surface area contributed by atoms with Crippen LogP contribution in [0.3, 0.4) is 0 Å². The SMILES string of the molecule is Cc1ccc(-c2[nH]nc3c2C(c2c(F)cccc2Cl)C(C#N)=C(N)O3)cc1. The van der Waals surface area contributed by atoms with E-state index in [2.05, 4.69) is 10.2 Å². The van der Waals surface area contributed by atoms with Crippen molar-refractivity contribution in [3.8, 4) is 23.2 Å². The van der Waals surface area contributed by atoms with Crippen LogP contribution in [-0.4, -0.2) is 10.2 Å². The Morgan fingerprint density at radius 1 is 1.22 bits per heavy atom. The molecule has 7 heteroatoms. The van der Waals surface area contributed by atoms with E-state index in [1.54, 1.807) is 6.07 Å². The lowest BCUT2D eigenvalue weighted by molar-refractivity contribution is 0.378. The molecule has 0 amide bonds. The molecule has 2 aromatic carbocycles. The van der Waals surface area contributed by atoms with Crippen molar-refractivity contribution in [3.05, 3.63) is 81.5 Å². The number of nitriles is 1. The molecule has 4 rings (SSSR count). The van der Waals surface area contributed by atoms with Crippen molar-refractivity contribution in [1.29, 1.82) is 5.26 Å². The van der Waals surface area contributed by atoms with Gasteiger partial charge in [0.2, 0.25) is 11.8 Å². The van der Waals surface area contributed by atoms with Gasteiger partial charge in [-0.25, -0.2) is 4.39 Å². The second-order valence-corrected chi connectivity index (χ2v) is 6.65. The lowest BCUT2D eigenvalue weighted by Gasteiger charge is -2.25. The molecule has 1 unspecified atom stereocenters. The zero-order chi connectivity index (χ0) is 19.1. The monoisotopic (exact) mass is 380 g/mol. The van der Waals surface area contributed by atoms with Gasteiger partial charge in [-0.15, -0.1) is 5.10 Å². The van der Waals surface area contributed by atoms with Crippen LogP contribution in [0.1, 0.15) is 22.6 Å². The fraction of sp³-hybridized carbons (Fsp3) is 0.100. The van der Waals surface area contributed by atoms with Gasteiger partial charge in [0.25, 0.3) is 0 Å². The normalized spacial score (nSPS) is 15.9. The van der Waals surface area contributed by atoms with Gasteiger partial charge in [-0.05, 0) is 19.1 Å². The molecule has 0 bridgehead atoms. The Morgan fingerprint density at radius 2 is 1.96 bits per heavy atom. The van der Waals surface area contributed by atoms with E-state index in [0.29, 0.717) is 11.3 Å². The van der Waals surface area contributed by atoms with Crippen molar-refractivity contribution >= 4 is 11.6 Å². The predicted molar refractivity (Wildman–Crippen MR) is 99.5 cm³/mol. The van der Waals surface area contributed by atoms with Gasteiger partial charge in [0.05, 0.1) is 17.2 Å². The summed E-state index contributed by atoms with van der Waals surface area (Å²) in [5, 5.41) is 17.0. The highest BCUT2D eigenvalue weighted by molar-refractivity contribution is 6.31. The molecular weight excluding hydrogens is 367 g/mol. The number of aryl methyl sites for hydroxylation is 1. The van der Waals surface area contributed by atoms with Crippen LogP contribution in [0.5, 0.6) is 5.88 Å². The average molecular weight is 381 g/mol. The molecule has 0 fully saturated rings. The number of H-pyrrole nitrogens is 1. The van der Waals surface area contributed by atoms with Crippen LogP contribution >= 0.6 is 11.6 Å². The van der Waals surface area contributed by atoms with E-state index in [1.165, 1.54) is 12.1 Å². The highest BCUT2D eigenvalue weighted by Gasteiger charge is 2.38. The predicted octanol–water partition coefficient (Wildman–Crippen LogP) is 4.40. The molecule has 1 aliphatic rings. The number of halogens is 2. The standard InChI is InChI=1S/C20H14ClFN4O/c1-10-5-7-11(8-6-10)18-17-15(16-13(21)3-2-4-14(16)22)12(9-23)19(24)27-20(17)26-25-18/h2-8,15H,24H2,1H3,(H,25,26). The average Bonchev–Trinajstić information content (AvgIpc) is 3.05. The number of nitrogens with two attached hydrogens (primary N) is 1. The van der Waals surface area contributed by atoms with Crippen LogP contribution in [0, 0.1) is 24.1 Å². The molecule has 27 heavy (non-hydrogen) atoms. The number of rotatable bonds is 2. The minimum atomic E-state index is -0.831. The van der Waals surface area contributed by atoms with Crippen LogP contribution in [0.2, 0.25) is 5.02 Å². The van der Waals surface area contributed by atoms with Gasteiger partial charge < -0.3 is 10.5 Å². The topological polar surface area (TPSA) is 87.7 Å². The van der Waals surface area contributed by atoms with Crippen molar-refractivity contribution in [2.45, 2.75) is 12.8 Å². The number of benzene rings is 2. The molecule has 0 saturated carbocycles. The van der Waals surface area contributed by atoms with E-state index in [-0.39, 0.29) is 27.9 Å². The van der Waals surface area contributed by atoms with Crippen LogP contribution in [0.15, 0.2) is 53.9 Å². The molecule has 0 saturated heterocycles. The van der Waals surface area contributed by atoms with E-state index in [4.69, 9.17) is 22.1 Å². The Labute approximate surface area is 159 Å². The number of nitrogens with zero attached hydrogens (tertiary/aromatic N) is 2. The van der Waals surface area contributed by atoms with Crippen LogP contribution < -0.4 is 10.5 Å². The largest absolute Gasteiger partial charge is 0.420 e. The minimum Gasteiger partial charge on any atom is -0.420 e. The first-order chi connectivity index (χ1) is 13.0. The molecule has 0 aliphatic carbocycles. The Hall–Kier alpha value is -3.30. The van der Waals surface area contributed by atoms with E-state index in [1.807, 2.05) is 37.3 Å². The lowest BCUT2D eigenvalue weighted by atomic mass is 9.82. The van der Waals surface area contributed by atoms with Gasteiger partial charge in [-0.1, -0.05) is 47.5 Å². The Morgan fingerprint density at radius 3 is 2.63 bits per heavy atom. The quantitative estimate of drug-likeness (QED) is 0.689. The van der Waals surface area contributed by atoms with Crippen LogP contribution in [0.4, 0.5) is 4.39 Å². The third-order valence-corrected chi connectivity index (χ3v) is 4.90. The molecule has 1 aliphatic heterocycles. The minimum absolute atomic E-state index is 0.0873. The van der Waals surface area contributed by atoms with Crippen molar-refractivity contribution in [3.63, 3.8) is 0 Å². The van der Waals surface area contributed by atoms with Gasteiger partial charge in [-0.2, -0.15) is 5.26 Å². The van der Waals surface area contributed by atoms with E-state index in [0.717, 1.165) is 11.1 Å². The second kappa shape index (κ2) is 6.45. The molecule has 3 aromatic rings. The van der Waals surface area contributed by atoms with Gasteiger partial charge >= 0.3 is 0 Å². The zero-order valence-electron chi connectivity index (χ0n) is 14.3. The highest BCUT2D eigenvalue weighted by Crippen LogP contribution is 2.47. The van der Waals surface area contributed by atoms with Gasteiger partial charge in [0.15, 0.2) is 0 Å². The summed E-state index contributed by atoms with van der Waals surface area (Å²) >= 11 is 6.30. The third-order valence-electron chi connectivity index (χ3n) is 4.57. The summed E-state index contributed by atoms with van der Waals surface area (Å²) in [6, 6.07) is 14.2. The number of aromatic nitrogens is 2. The summed E-state index contributed by atoms with van der Waals surface area (Å²) in [6.07, 6.45) is 0. The van der Waals surface area contributed by atoms with Crippen LogP contribution in [0.25, 0.3) is 11.3 Å². The number of aromatic amines is 1. The fourth-order valence-electron chi connectivity index (χ4n) is 3.26. The Kier molecular flexibility index (Phi) is 4.09. The molecule has 1 aromatic heterocycles.